The van der Waals surface area contributed by atoms with Gasteiger partial charge in [-0.1, -0.05) is 13.8 Å². The zero-order valence-electron chi connectivity index (χ0n) is 12.1. The maximum absolute atomic E-state index is 12.4. The average molecular weight is 318 g/mol. The van der Waals surface area contributed by atoms with Crippen molar-refractivity contribution < 1.29 is 27.5 Å². The summed E-state index contributed by atoms with van der Waals surface area (Å²) < 4.78 is 41.9. The maximum atomic E-state index is 12.4. The second kappa shape index (κ2) is 7.26. The largest absolute Gasteiger partial charge is 0.425 e. The van der Waals surface area contributed by atoms with Crippen molar-refractivity contribution in [2.24, 2.45) is 11.7 Å². The topological polar surface area (TPSA) is 81.4 Å². The van der Waals surface area contributed by atoms with Gasteiger partial charge >= 0.3 is 12.1 Å². The Morgan fingerprint density at radius 1 is 1.23 bits per heavy atom. The van der Waals surface area contributed by atoms with E-state index in [0.717, 1.165) is 24.3 Å². The van der Waals surface area contributed by atoms with Gasteiger partial charge in [0, 0.05) is 0 Å². The number of nitrogens with one attached hydrogen (secondary N) is 1. The lowest BCUT2D eigenvalue weighted by Gasteiger charge is -2.14. The Hall–Kier alpha value is -2.09. The number of hydrogen-bond acceptors (Lipinski definition) is 4. The fourth-order valence-corrected chi connectivity index (χ4v) is 1.46. The summed E-state index contributed by atoms with van der Waals surface area (Å²) in [5.74, 6) is -1.44. The standard InChI is InChI=1S/C14H17F3N2O3/c1-8(2)12(18)13(21)19-7-11(20)22-10-5-3-9(4-6-10)14(15,16)17/h3-6,8,12H,7,18H2,1-2H3,(H,19,21)/t12-/m0/s1. The number of amides is 1. The number of nitrogens with two attached hydrogens (primary N) is 1. The summed E-state index contributed by atoms with van der Waals surface area (Å²) in [6.07, 6.45) is -4.45. The molecular weight excluding hydrogens is 301 g/mol. The molecule has 0 bridgehead atoms. The van der Waals surface area contributed by atoms with Crippen molar-refractivity contribution in [1.29, 1.82) is 0 Å². The Morgan fingerprint density at radius 3 is 2.23 bits per heavy atom. The fraction of sp³-hybridized carbons (Fsp3) is 0.429. The molecule has 0 saturated carbocycles. The van der Waals surface area contributed by atoms with E-state index < -0.39 is 36.2 Å². The second-order valence-electron chi connectivity index (χ2n) is 4.98. The Balaban J connectivity index is 2.51. The van der Waals surface area contributed by atoms with Crippen molar-refractivity contribution in [3.8, 4) is 5.75 Å². The third-order valence-corrected chi connectivity index (χ3v) is 2.84. The molecule has 5 nitrogen and oxygen atoms in total. The highest BCUT2D eigenvalue weighted by Gasteiger charge is 2.30. The van der Waals surface area contributed by atoms with Gasteiger partial charge in [-0.25, -0.2) is 4.79 Å². The van der Waals surface area contributed by atoms with Crippen molar-refractivity contribution in [3.63, 3.8) is 0 Å². The highest BCUT2D eigenvalue weighted by molar-refractivity contribution is 5.86. The zero-order chi connectivity index (χ0) is 16.9. The van der Waals surface area contributed by atoms with E-state index in [-0.39, 0.29) is 11.7 Å². The van der Waals surface area contributed by atoms with Crippen LogP contribution in [0.2, 0.25) is 0 Å². The summed E-state index contributed by atoms with van der Waals surface area (Å²) in [5, 5.41) is 2.30. The number of halogens is 3. The highest BCUT2D eigenvalue weighted by atomic mass is 19.4. The van der Waals surface area contributed by atoms with E-state index >= 15 is 0 Å². The number of benzene rings is 1. The van der Waals surface area contributed by atoms with Crippen LogP contribution >= 0.6 is 0 Å². The minimum Gasteiger partial charge on any atom is -0.425 e. The van der Waals surface area contributed by atoms with Crippen LogP contribution in [0.15, 0.2) is 24.3 Å². The van der Waals surface area contributed by atoms with Crippen LogP contribution in [0.4, 0.5) is 13.2 Å². The predicted molar refractivity (Wildman–Crippen MR) is 72.9 cm³/mol. The summed E-state index contributed by atoms with van der Waals surface area (Å²) >= 11 is 0. The molecule has 1 aromatic carbocycles. The first kappa shape index (κ1) is 18.0. The third-order valence-electron chi connectivity index (χ3n) is 2.84. The van der Waals surface area contributed by atoms with E-state index in [1.54, 1.807) is 13.8 Å². The highest BCUT2D eigenvalue weighted by Crippen LogP contribution is 2.30. The number of carbonyl (C=O) groups excluding carboxylic acids is 2. The minimum atomic E-state index is -4.45. The summed E-state index contributed by atoms with van der Waals surface area (Å²) in [6.45, 7) is 3.09. The van der Waals surface area contributed by atoms with Gasteiger partial charge in [-0.05, 0) is 30.2 Å². The molecule has 0 saturated heterocycles. The van der Waals surface area contributed by atoms with Gasteiger partial charge in [0.1, 0.15) is 12.3 Å². The van der Waals surface area contributed by atoms with Gasteiger partial charge in [0.05, 0.1) is 11.6 Å². The zero-order valence-corrected chi connectivity index (χ0v) is 12.1. The van der Waals surface area contributed by atoms with Crippen molar-refractivity contribution in [3.05, 3.63) is 29.8 Å². The quantitative estimate of drug-likeness (QED) is 0.640. The lowest BCUT2D eigenvalue weighted by Crippen LogP contribution is -2.46. The summed E-state index contributed by atoms with van der Waals surface area (Å²) in [6, 6.07) is 2.91. The van der Waals surface area contributed by atoms with Crippen molar-refractivity contribution in [2.75, 3.05) is 6.54 Å². The van der Waals surface area contributed by atoms with Crippen molar-refractivity contribution in [1.82, 2.24) is 5.32 Å². The van der Waals surface area contributed by atoms with Gasteiger partial charge in [0.2, 0.25) is 5.91 Å². The molecule has 122 valence electrons. The predicted octanol–water partition coefficient (Wildman–Crippen LogP) is 1.71. The molecule has 1 aromatic rings. The van der Waals surface area contributed by atoms with Gasteiger partial charge in [-0.15, -0.1) is 0 Å². The molecule has 1 rings (SSSR count). The monoisotopic (exact) mass is 318 g/mol. The van der Waals surface area contributed by atoms with Crippen LogP contribution in [0.1, 0.15) is 19.4 Å². The molecule has 1 amide bonds. The van der Waals surface area contributed by atoms with E-state index in [1.165, 1.54) is 0 Å². The Labute approximate surface area is 125 Å². The average Bonchev–Trinajstić information content (AvgIpc) is 2.43. The van der Waals surface area contributed by atoms with Crippen LogP contribution in [0.3, 0.4) is 0 Å². The lowest BCUT2D eigenvalue weighted by molar-refractivity contribution is -0.137. The Bertz CT molecular complexity index is 527. The van der Waals surface area contributed by atoms with Gasteiger partial charge in [0.15, 0.2) is 0 Å². The van der Waals surface area contributed by atoms with E-state index in [2.05, 4.69) is 5.32 Å². The molecule has 22 heavy (non-hydrogen) atoms. The number of alkyl halides is 3. The van der Waals surface area contributed by atoms with Crippen molar-refractivity contribution in [2.45, 2.75) is 26.1 Å². The lowest BCUT2D eigenvalue weighted by atomic mass is 10.1. The van der Waals surface area contributed by atoms with Gasteiger partial charge in [0.25, 0.3) is 0 Å². The van der Waals surface area contributed by atoms with Gasteiger partial charge < -0.3 is 15.8 Å². The Kier molecular flexibility index (Phi) is 5.92. The molecular formula is C14H17F3N2O3. The first-order valence-corrected chi connectivity index (χ1v) is 6.52. The Morgan fingerprint density at radius 2 is 1.77 bits per heavy atom. The molecule has 3 N–H and O–H groups in total. The number of hydrogen-bond donors (Lipinski definition) is 2. The van der Waals surface area contributed by atoms with Crippen LogP contribution in [-0.2, 0) is 15.8 Å². The maximum Gasteiger partial charge on any atom is 0.416 e. The molecule has 0 radical (unpaired) electrons. The molecule has 0 aliphatic rings. The molecule has 0 aliphatic carbocycles. The number of carbonyl (C=O) groups is 2. The molecule has 0 unspecified atom stereocenters. The first-order chi connectivity index (χ1) is 10.1. The van der Waals surface area contributed by atoms with Crippen molar-refractivity contribution >= 4 is 11.9 Å². The van der Waals surface area contributed by atoms with E-state index in [1.807, 2.05) is 0 Å². The van der Waals surface area contributed by atoms with Crippen LogP contribution in [0.25, 0.3) is 0 Å². The normalized spacial score (nSPS) is 12.9. The van der Waals surface area contributed by atoms with Crippen LogP contribution in [0.5, 0.6) is 5.75 Å². The fourth-order valence-electron chi connectivity index (χ4n) is 1.46. The van der Waals surface area contributed by atoms with Crippen LogP contribution in [-0.4, -0.2) is 24.5 Å². The number of ether oxygens (including phenoxy) is 1. The van der Waals surface area contributed by atoms with Crippen LogP contribution in [0, 0.1) is 5.92 Å². The summed E-state index contributed by atoms with van der Waals surface area (Å²) in [7, 11) is 0. The number of rotatable bonds is 5. The molecule has 8 heteroatoms. The summed E-state index contributed by atoms with van der Waals surface area (Å²) in [5.41, 5.74) is 4.74. The van der Waals surface area contributed by atoms with Gasteiger partial charge in [-0.3, -0.25) is 4.79 Å². The second-order valence-corrected chi connectivity index (χ2v) is 4.98. The van der Waals surface area contributed by atoms with E-state index in [0.29, 0.717) is 0 Å². The molecule has 0 heterocycles. The van der Waals surface area contributed by atoms with Gasteiger partial charge in [-0.2, -0.15) is 13.2 Å². The third kappa shape index (κ3) is 5.36. The molecule has 0 fully saturated rings. The van der Waals surface area contributed by atoms with Crippen LogP contribution < -0.4 is 15.8 Å². The number of esters is 1. The summed E-state index contributed by atoms with van der Waals surface area (Å²) in [4.78, 5) is 23.0. The smallest absolute Gasteiger partial charge is 0.416 e. The minimum absolute atomic E-state index is 0.0413. The molecule has 0 spiro atoms. The molecule has 0 aromatic heterocycles. The van der Waals surface area contributed by atoms with E-state index in [9.17, 15) is 22.8 Å². The molecule has 0 aliphatic heterocycles. The van der Waals surface area contributed by atoms with E-state index in [4.69, 9.17) is 10.5 Å². The SMILES string of the molecule is CC(C)[C@H](N)C(=O)NCC(=O)Oc1ccc(C(F)(F)F)cc1. The first-order valence-electron chi connectivity index (χ1n) is 6.52. The molecule has 1 atom stereocenters.